The van der Waals surface area contributed by atoms with Crippen molar-refractivity contribution in [3.05, 3.63) is 67.3 Å². The van der Waals surface area contributed by atoms with Crippen molar-refractivity contribution in [2.75, 3.05) is 0 Å². The van der Waals surface area contributed by atoms with Crippen LogP contribution in [0.3, 0.4) is 0 Å². The maximum Gasteiger partial charge on any atom is 0.153 e. The Labute approximate surface area is 131 Å². The van der Waals surface area contributed by atoms with Gasteiger partial charge in [0.2, 0.25) is 0 Å². The van der Waals surface area contributed by atoms with Crippen molar-refractivity contribution in [2.45, 2.75) is 0 Å². The van der Waals surface area contributed by atoms with Crippen LogP contribution >= 0.6 is 0 Å². The van der Waals surface area contributed by atoms with E-state index in [4.69, 9.17) is 4.42 Å². The first kappa shape index (κ1) is 12.3. The normalized spacial score (nSPS) is 11.5. The molecule has 1 aromatic carbocycles. The van der Waals surface area contributed by atoms with Crippen LogP contribution in [0.1, 0.15) is 0 Å². The molecule has 0 saturated carbocycles. The molecule has 0 spiro atoms. The molecule has 5 rings (SSSR count). The van der Waals surface area contributed by atoms with Crippen LogP contribution in [0.25, 0.3) is 44.1 Å². The molecule has 0 saturated heterocycles. The number of hydrogen-bond donors (Lipinski definition) is 0. The van der Waals surface area contributed by atoms with Gasteiger partial charge in [0.05, 0.1) is 17.6 Å². The van der Waals surface area contributed by atoms with Crippen molar-refractivity contribution in [1.82, 2.24) is 15.0 Å². The van der Waals surface area contributed by atoms with Gasteiger partial charge in [-0.25, -0.2) is 0 Å². The second-order valence-electron chi connectivity index (χ2n) is 5.46. The van der Waals surface area contributed by atoms with E-state index in [1.807, 2.05) is 48.8 Å². The minimum atomic E-state index is 0.792. The third kappa shape index (κ3) is 1.89. The zero-order valence-corrected chi connectivity index (χ0v) is 12.1. The Morgan fingerprint density at radius 3 is 2.57 bits per heavy atom. The van der Waals surface area contributed by atoms with E-state index in [9.17, 15) is 0 Å². The van der Waals surface area contributed by atoms with Gasteiger partial charge in [-0.15, -0.1) is 0 Å². The number of benzene rings is 1. The third-order valence-electron chi connectivity index (χ3n) is 4.05. The fraction of sp³-hybridized carbons (Fsp3) is 0. The van der Waals surface area contributed by atoms with Crippen LogP contribution in [0, 0.1) is 0 Å². The van der Waals surface area contributed by atoms with Crippen molar-refractivity contribution in [1.29, 1.82) is 0 Å². The van der Waals surface area contributed by atoms with E-state index >= 15 is 0 Å². The highest BCUT2D eigenvalue weighted by atomic mass is 16.3. The molecule has 5 aromatic rings. The average molecular weight is 297 g/mol. The Bertz CT molecular complexity index is 1180. The van der Waals surface area contributed by atoms with Crippen molar-refractivity contribution in [3.63, 3.8) is 0 Å². The van der Waals surface area contributed by atoms with E-state index in [-0.39, 0.29) is 0 Å². The first-order chi connectivity index (χ1) is 11.4. The molecule has 0 fully saturated rings. The van der Waals surface area contributed by atoms with Crippen LogP contribution in [0.15, 0.2) is 71.7 Å². The first-order valence-electron chi connectivity index (χ1n) is 7.36. The van der Waals surface area contributed by atoms with Gasteiger partial charge < -0.3 is 4.42 Å². The van der Waals surface area contributed by atoms with E-state index in [1.165, 1.54) is 0 Å². The minimum absolute atomic E-state index is 0.792. The quantitative estimate of drug-likeness (QED) is 0.454. The molecule has 4 nitrogen and oxygen atoms in total. The fourth-order valence-corrected chi connectivity index (χ4v) is 2.89. The Morgan fingerprint density at radius 1 is 0.696 bits per heavy atom. The molecule has 0 unspecified atom stereocenters. The van der Waals surface area contributed by atoms with Gasteiger partial charge in [0.15, 0.2) is 5.58 Å². The molecule has 0 amide bonds. The van der Waals surface area contributed by atoms with Crippen LogP contribution in [0.4, 0.5) is 0 Å². The predicted octanol–water partition coefficient (Wildman–Crippen LogP) is 4.59. The summed E-state index contributed by atoms with van der Waals surface area (Å²) in [7, 11) is 0. The number of pyridine rings is 3. The predicted molar refractivity (Wildman–Crippen MR) is 90.0 cm³/mol. The topological polar surface area (TPSA) is 51.8 Å². The van der Waals surface area contributed by atoms with E-state index in [2.05, 4.69) is 21.0 Å². The number of rotatable bonds is 1. The maximum atomic E-state index is 5.82. The van der Waals surface area contributed by atoms with Gasteiger partial charge in [0.25, 0.3) is 0 Å². The van der Waals surface area contributed by atoms with E-state index in [1.54, 1.807) is 12.4 Å². The van der Waals surface area contributed by atoms with E-state index < -0.39 is 0 Å². The molecule has 23 heavy (non-hydrogen) atoms. The number of fused-ring (bicyclic) bond motifs is 4. The molecule has 4 heteroatoms. The van der Waals surface area contributed by atoms with Gasteiger partial charge in [-0.2, -0.15) is 0 Å². The second kappa shape index (κ2) is 4.61. The molecule has 0 N–H and O–H groups in total. The summed E-state index contributed by atoms with van der Waals surface area (Å²) in [5, 5.41) is 4.27. The number of nitrogens with zero attached hydrogens (tertiary/aromatic N) is 3. The van der Waals surface area contributed by atoms with E-state index in [0.717, 1.165) is 44.1 Å². The van der Waals surface area contributed by atoms with Crippen LogP contribution in [-0.2, 0) is 0 Å². The Kier molecular flexibility index (Phi) is 2.46. The Hall–Kier alpha value is -3.27. The van der Waals surface area contributed by atoms with Gasteiger partial charge in [-0.05, 0) is 29.7 Å². The third-order valence-corrected chi connectivity index (χ3v) is 4.05. The minimum Gasteiger partial charge on any atom is -0.454 e. The molecule has 0 aliphatic heterocycles. The highest BCUT2D eigenvalue weighted by Crippen LogP contribution is 2.30. The van der Waals surface area contributed by atoms with Crippen molar-refractivity contribution >= 4 is 32.7 Å². The summed E-state index contributed by atoms with van der Waals surface area (Å²) in [6.07, 6.45) is 7.19. The molecule has 0 radical (unpaired) electrons. The first-order valence-corrected chi connectivity index (χ1v) is 7.36. The standard InChI is InChI=1S/C19H11N3O/c1-2-4-18-14(3-1)15-8-17(22-11-19(15)23-18)16-7-12-5-6-20-9-13(12)10-21-16/h1-11H. The summed E-state index contributed by atoms with van der Waals surface area (Å²) in [4.78, 5) is 13.1. The lowest BCUT2D eigenvalue weighted by molar-refractivity contribution is 0.667. The lowest BCUT2D eigenvalue weighted by Crippen LogP contribution is -1.87. The highest BCUT2D eigenvalue weighted by molar-refractivity contribution is 6.05. The second-order valence-corrected chi connectivity index (χ2v) is 5.46. The molecule has 4 heterocycles. The lowest BCUT2D eigenvalue weighted by Gasteiger charge is -2.02. The van der Waals surface area contributed by atoms with Gasteiger partial charge in [-0.3, -0.25) is 15.0 Å². The number of furan rings is 1. The summed E-state index contributed by atoms with van der Waals surface area (Å²) in [5.74, 6) is 0. The molecular formula is C19H11N3O. The van der Waals surface area contributed by atoms with Crippen molar-refractivity contribution < 1.29 is 4.42 Å². The van der Waals surface area contributed by atoms with Crippen molar-refractivity contribution in [2.24, 2.45) is 0 Å². The Balaban J connectivity index is 1.76. The van der Waals surface area contributed by atoms with Crippen molar-refractivity contribution in [3.8, 4) is 11.4 Å². The van der Waals surface area contributed by atoms with Gasteiger partial charge in [0, 0.05) is 34.7 Å². The largest absolute Gasteiger partial charge is 0.454 e. The van der Waals surface area contributed by atoms with Crippen LogP contribution < -0.4 is 0 Å². The molecule has 4 aromatic heterocycles. The summed E-state index contributed by atoms with van der Waals surface area (Å²) in [6.45, 7) is 0. The van der Waals surface area contributed by atoms with Crippen LogP contribution in [0.5, 0.6) is 0 Å². The zero-order chi connectivity index (χ0) is 15.2. The van der Waals surface area contributed by atoms with Gasteiger partial charge >= 0.3 is 0 Å². The molecular weight excluding hydrogens is 286 g/mol. The summed E-state index contributed by atoms with van der Waals surface area (Å²) < 4.78 is 5.82. The maximum absolute atomic E-state index is 5.82. The number of para-hydroxylation sites is 1. The Morgan fingerprint density at radius 2 is 1.57 bits per heavy atom. The molecule has 0 aliphatic carbocycles. The molecule has 0 atom stereocenters. The fourth-order valence-electron chi connectivity index (χ4n) is 2.89. The molecule has 0 bridgehead atoms. The van der Waals surface area contributed by atoms with Gasteiger partial charge in [-0.1, -0.05) is 18.2 Å². The SMILES string of the molecule is c1ccc2c(c1)oc1cnc(-c3cc4ccncc4cn3)cc12. The highest BCUT2D eigenvalue weighted by Gasteiger charge is 2.10. The summed E-state index contributed by atoms with van der Waals surface area (Å²) >= 11 is 0. The molecule has 0 aliphatic rings. The van der Waals surface area contributed by atoms with Crippen LogP contribution in [0.2, 0.25) is 0 Å². The van der Waals surface area contributed by atoms with Gasteiger partial charge in [0.1, 0.15) is 5.58 Å². The molecule has 108 valence electrons. The monoisotopic (exact) mass is 297 g/mol. The smallest absolute Gasteiger partial charge is 0.153 e. The zero-order valence-electron chi connectivity index (χ0n) is 12.1. The lowest BCUT2D eigenvalue weighted by atomic mass is 10.1. The number of hydrogen-bond acceptors (Lipinski definition) is 4. The summed E-state index contributed by atoms with van der Waals surface area (Å²) in [6, 6.07) is 14.1. The number of aromatic nitrogens is 3. The van der Waals surface area contributed by atoms with Crippen LogP contribution in [-0.4, -0.2) is 15.0 Å². The average Bonchev–Trinajstić information content (AvgIpc) is 2.99. The van der Waals surface area contributed by atoms with E-state index in [0.29, 0.717) is 0 Å². The summed E-state index contributed by atoms with van der Waals surface area (Å²) in [5.41, 5.74) is 3.34.